The van der Waals surface area contributed by atoms with E-state index in [1.165, 1.54) is 12.0 Å². The second-order valence-electron chi connectivity index (χ2n) is 6.66. The Morgan fingerprint density at radius 2 is 1.96 bits per heavy atom. The number of amides is 1. The smallest absolute Gasteiger partial charge is 0.337 e. The van der Waals surface area contributed by atoms with Gasteiger partial charge in [0.25, 0.3) is 5.91 Å². The predicted molar refractivity (Wildman–Crippen MR) is 99.6 cm³/mol. The number of likely N-dealkylation sites (N-methyl/N-ethyl adjacent to an activating group) is 1. The number of carbonyl (C=O) groups is 3. The molecule has 2 atom stereocenters. The van der Waals surface area contributed by atoms with E-state index in [4.69, 9.17) is 14.2 Å². The highest BCUT2D eigenvalue weighted by Gasteiger charge is 2.22. The zero-order chi connectivity index (χ0) is 20.5. The molecule has 1 aromatic rings. The maximum atomic E-state index is 12.2. The fourth-order valence-electron chi connectivity index (χ4n) is 2.68. The average Bonchev–Trinajstić information content (AvgIpc) is 3.23. The first-order valence-corrected chi connectivity index (χ1v) is 9.21. The number of nitrogens with zero attached hydrogens (tertiary/aromatic N) is 1. The lowest BCUT2D eigenvalue weighted by Crippen LogP contribution is -2.33. The molecule has 2 rings (SSSR count). The Kier molecular flexibility index (Phi) is 8.41. The van der Waals surface area contributed by atoms with Crippen molar-refractivity contribution in [2.45, 2.75) is 38.5 Å². The maximum absolute atomic E-state index is 12.2. The van der Waals surface area contributed by atoms with Crippen molar-refractivity contribution in [3.05, 3.63) is 35.4 Å². The standard InChI is InChI=1S/C20H27NO7/c1-14(27-12-17-5-4-10-26-17)19(23)28-13-18(22)21(2)11-15-6-8-16(9-7-15)20(24)25-3/h6-9,14,17H,4-5,10-13H2,1-3H3. The summed E-state index contributed by atoms with van der Waals surface area (Å²) in [6.07, 6.45) is 1.19. The van der Waals surface area contributed by atoms with Crippen LogP contribution in [-0.4, -0.2) is 68.9 Å². The summed E-state index contributed by atoms with van der Waals surface area (Å²) in [6.45, 7) is 2.62. The molecule has 0 N–H and O–H groups in total. The Hall–Kier alpha value is -2.45. The van der Waals surface area contributed by atoms with E-state index in [0.717, 1.165) is 25.0 Å². The number of hydrogen-bond acceptors (Lipinski definition) is 7. The van der Waals surface area contributed by atoms with Crippen molar-refractivity contribution < 1.29 is 33.3 Å². The minimum atomic E-state index is -0.756. The molecule has 0 spiro atoms. The molecule has 0 bridgehead atoms. The summed E-state index contributed by atoms with van der Waals surface area (Å²) in [5, 5.41) is 0. The lowest BCUT2D eigenvalue weighted by Gasteiger charge is -2.19. The lowest BCUT2D eigenvalue weighted by molar-refractivity contribution is -0.162. The zero-order valence-corrected chi connectivity index (χ0v) is 16.5. The zero-order valence-electron chi connectivity index (χ0n) is 16.5. The van der Waals surface area contributed by atoms with Crippen molar-refractivity contribution in [3.8, 4) is 0 Å². The van der Waals surface area contributed by atoms with Crippen LogP contribution in [0.15, 0.2) is 24.3 Å². The van der Waals surface area contributed by atoms with Gasteiger partial charge in [-0.05, 0) is 37.5 Å². The number of carbonyl (C=O) groups excluding carboxylic acids is 3. The minimum absolute atomic E-state index is 0.0218. The molecule has 8 heteroatoms. The number of ether oxygens (including phenoxy) is 4. The summed E-state index contributed by atoms with van der Waals surface area (Å²) in [4.78, 5) is 37.0. The van der Waals surface area contributed by atoms with Gasteiger partial charge in [-0.1, -0.05) is 12.1 Å². The van der Waals surface area contributed by atoms with E-state index < -0.39 is 18.0 Å². The molecule has 1 amide bonds. The Bertz CT molecular complexity index is 668. The van der Waals surface area contributed by atoms with Gasteiger partial charge < -0.3 is 23.8 Å². The largest absolute Gasteiger partial charge is 0.465 e. The molecule has 1 aromatic carbocycles. The highest BCUT2D eigenvalue weighted by molar-refractivity contribution is 5.89. The van der Waals surface area contributed by atoms with Crippen LogP contribution in [0.5, 0.6) is 0 Å². The van der Waals surface area contributed by atoms with Crippen LogP contribution in [-0.2, 0) is 35.1 Å². The van der Waals surface area contributed by atoms with Gasteiger partial charge in [0, 0.05) is 20.2 Å². The molecule has 2 unspecified atom stereocenters. The van der Waals surface area contributed by atoms with Gasteiger partial charge in [0.1, 0.15) is 0 Å². The van der Waals surface area contributed by atoms with E-state index in [1.54, 1.807) is 38.2 Å². The SMILES string of the molecule is COC(=O)c1ccc(CN(C)C(=O)COC(=O)C(C)OCC2CCCO2)cc1. The summed E-state index contributed by atoms with van der Waals surface area (Å²) in [5.74, 6) is -1.34. The van der Waals surface area contributed by atoms with Gasteiger partial charge in [-0.15, -0.1) is 0 Å². The minimum Gasteiger partial charge on any atom is -0.465 e. The quantitative estimate of drug-likeness (QED) is 0.588. The second kappa shape index (κ2) is 10.8. The third kappa shape index (κ3) is 6.61. The molecule has 1 aliphatic rings. The molecule has 8 nitrogen and oxygen atoms in total. The summed E-state index contributed by atoms with van der Waals surface area (Å²) in [6, 6.07) is 6.74. The van der Waals surface area contributed by atoms with Crippen molar-refractivity contribution >= 4 is 17.8 Å². The highest BCUT2D eigenvalue weighted by Crippen LogP contribution is 2.13. The molecule has 1 fully saturated rings. The van der Waals surface area contributed by atoms with Crippen LogP contribution in [0.25, 0.3) is 0 Å². The number of esters is 2. The van der Waals surface area contributed by atoms with Crippen molar-refractivity contribution in [3.63, 3.8) is 0 Å². The summed E-state index contributed by atoms with van der Waals surface area (Å²) < 4.78 is 20.6. The molecule has 0 radical (unpaired) electrons. The fourth-order valence-corrected chi connectivity index (χ4v) is 2.68. The van der Waals surface area contributed by atoms with Crippen LogP contribution in [0.1, 0.15) is 35.7 Å². The first kappa shape index (κ1) is 21.8. The van der Waals surface area contributed by atoms with Crippen LogP contribution in [0, 0.1) is 0 Å². The van der Waals surface area contributed by atoms with Gasteiger partial charge >= 0.3 is 11.9 Å². The lowest BCUT2D eigenvalue weighted by atomic mass is 10.1. The Morgan fingerprint density at radius 3 is 2.57 bits per heavy atom. The van der Waals surface area contributed by atoms with Gasteiger partial charge in [-0.2, -0.15) is 0 Å². The van der Waals surface area contributed by atoms with Crippen molar-refractivity contribution in [2.75, 3.05) is 34.0 Å². The van der Waals surface area contributed by atoms with Crippen LogP contribution >= 0.6 is 0 Å². The molecule has 154 valence electrons. The molecule has 28 heavy (non-hydrogen) atoms. The van der Waals surface area contributed by atoms with Gasteiger partial charge in [0.15, 0.2) is 12.7 Å². The molecular weight excluding hydrogens is 366 g/mol. The molecule has 1 saturated heterocycles. The topological polar surface area (TPSA) is 91.4 Å². The second-order valence-corrected chi connectivity index (χ2v) is 6.66. The molecule has 0 aliphatic carbocycles. The van der Waals surface area contributed by atoms with Crippen LogP contribution in [0.3, 0.4) is 0 Å². The summed E-state index contributed by atoms with van der Waals surface area (Å²) in [7, 11) is 2.93. The number of benzene rings is 1. The van der Waals surface area contributed by atoms with E-state index in [1.807, 2.05) is 0 Å². The normalized spacial score (nSPS) is 17.0. The molecule has 1 heterocycles. The number of hydrogen-bond donors (Lipinski definition) is 0. The van der Waals surface area contributed by atoms with Crippen LogP contribution in [0.4, 0.5) is 0 Å². The molecule has 0 aromatic heterocycles. The molecular formula is C20H27NO7. The summed E-state index contributed by atoms with van der Waals surface area (Å²) >= 11 is 0. The maximum Gasteiger partial charge on any atom is 0.337 e. The van der Waals surface area contributed by atoms with Crippen LogP contribution < -0.4 is 0 Å². The van der Waals surface area contributed by atoms with Crippen LogP contribution in [0.2, 0.25) is 0 Å². The first-order chi connectivity index (χ1) is 13.4. The Morgan fingerprint density at radius 1 is 1.25 bits per heavy atom. The Labute approximate surface area is 164 Å². The summed E-state index contributed by atoms with van der Waals surface area (Å²) in [5.41, 5.74) is 1.27. The monoisotopic (exact) mass is 393 g/mol. The number of methoxy groups -OCH3 is 1. The average molecular weight is 393 g/mol. The van der Waals surface area contributed by atoms with Gasteiger partial charge in [0.2, 0.25) is 0 Å². The van der Waals surface area contributed by atoms with E-state index in [0.29, 0.717) is 18.7 Å². The van der Waals surface area contributed by atoms with E-state index in [9.17, 15) is 14.4 Å². The van der Waals surface area contributed by atoms with Crippen molar-refractivity contribution in [2.24, 2.45) is 0 Å². The van der Waals surface area contributed by atoms with Crippen molar-refractivity contribution in [1.82, 2.24) is 4.90 Å². The van der Waals surface area contributed by atoms with E-state index >= 15 is 0 Å². The van der Waals surface area contributed by atoms with Gasteiger partial charge in [-0.25, -0.2) is 9.59 Å². The van der Waals surface area contributed by atoms with Crippen molar-refractivity contribution in [1.29, 1.82) is 0 Å². The number of rotatable bonds is 9. The third-order valence-corrected chi connectivity index (χ3v) is 4.45. The predicted octanol–water partition coefficient (Wildman–Crippen LogP) is 1.56. The van der Waals surface area contributed by atoms with E-state index in [2.05, 4.69) is 4.74 Å². The fraction of sp³-hybridized carbons (Fsp3) is 0.550. The molecule has 0 saturated carbocycles. The third-order valence-electron chi connectivity index (χ3n) is 4.45. The van der Waals surface area contributed by atoms with Gasteiger partial charge in [-0.3, -0.25) is 4.79 Å². The highest BCUT2D eigenvalue weighted by atomic mass is 16.6. The van der Waals surface area contributed by atoms with E-state index in [-0.39, 0.29) is 18.6 Å². The molecule has 1 aliphatic heterocycles. The first-order valence-electron chi connectivity index (χ1n) is 9.21. The Balaban J connectivity index is 1.72. The van der Waals surface area contributed by atoms with Gasteiger partial charge in [0.05, 0.1) is 25.4 Å².